The van der Waals surface area contributed by atoms with E-state index in [4.69, 9.17) is 4.74 Å². The van der Waals surface area contributed by atoms with Gasteiger partial charge in [0, 0.05) is 0 Å². The molecule has 17 nitrogen and oxygen atoms in total. The number of carbonyl (C=O) groups is 3. The molecule has 0 spiro atoms. The van der Waals surface area contributed by atoms with E-state index in [2.05, 4.69) is 28.7 Å². The highest BCUT2D eigenvalue weighted by atomic mass is 31.2. The summed E-state index contributed by atoms with van der Waals surface area (Å²) in [5.41, 5.74) is -3.54. The Balaban J connectivity index is 2.17. The summed E-state index contributed by atoms with van der Waals surface area (Å²) in [5.74, 6) is -12.2. The zero-order valence-corrected chi connectivity index (χ0v) is 15.3. The van der Waals surface area contributed by atoms with Crippen LogP contribution in [-0.2, 0) is 52.4 Å². The molecule has 0 radical (unpaired) electrons. The SMILES string of the molecule is O=C1CC2(O)C(=O)OOP(=O)(OO1)OOC(=O)C2C1(O)O[C@H](CO)[C@@H](O)[C@H](O)[C@H]1O. The number of fused-ring (bicyclic) bond motifs is 4. The molecule has 0 aromatic heterocycles. The van der Waals surface area contributed by atoms with Crippen LogP contribution in [0, 0.1) is 5.92 Å². The standard InChI is InChI=1S/C12H15O17P/c13-2-3-5(15)6(16)8(17)12(21,23-3)7-9(18)25-28-30(22)27-24-4(14)1-11(7,20)10(19)26-29-30/h3,5-8,13,15-17,20-21H,1-2H2/t3-,5-,6+,7?,8-,11?,12?,30?/m1/s1. The van der Waals surface area contributed by atoms with Crippen molar-refractivity contribution in [1.29, 1.82) is 0 Å². The largest absolute Gasteiger partial charge is 0.584 e. The molecule has 170 valence electrons. The van der Waals surface area contributed by atoms with Gasteiger partial charge in [-0.15, -0.1) is 0 Å². The molecule has 3 aliphatic rings. The Kier molecular flexibility index (Phi) is 5.91. The molecule has 6 N–H and O–H groups in total. The summed E-state index contributed by atoms with van der Waals surface area (Å²) in [7, 11) is -5.24. The van der Waals surface area contributed by atoms with E-state index in [9.17, 15) is 49.6 Å². The summed E-state index contributed by atoms with van der Waals surface area (Å²) in [6, 6.07) is 0. The second-order valence-corrected chi connectivity index (χ2v) is 7.79. The maximum atomic E-state index is 12.6. The molecule has 4 unspecified atom stereocenters. The highest BCUT2D eigenvalue weighted by Gasteiger charge is 2.70. The lowest BCUT2D eigenvalue weighted by Gasteiger charge is -2.49. The van der Waals surface area contributed by atoms with Crippen LogP contribution >= 0.6 is 7.82 Å². The van der Waals surface area contributed by atoms with Gasteiger partial charge in [0.25, 0.3) is 0 Å². The van der Waals surface area contributed by atoms with Crippen LogP contribution in [0.5, 0.6) is 0 Å². The van der Waals surface area contributed by atoms with Crippen molar-refractivity contribution < 1.29 is 83.0 Å². The zero-order chi connectivity index (χ0) is 22.5. The Bertz CT molecular complexity index is 783. The van der Waals surface area contributed by atoms with Gasteiger partial charge in [0.15, 0.2) is 11.5 Å². The van der Waals surface area contributed by atoms with Crippen molar-refractivity contribution in [3.8, 4) is 0 Å². The number of aliphatic hydroxyl groups excluding tert-OH is 4. The fraction of sp³-hybridized carbons (Fsp3) is 0.750. The highest BCUT2D eigenvalue weighted by molar-refractivity contribution is 7.48. The summed E-state index contributed by atoms with van der Waals surface area (Å²) in [5, 5.41) is 61.0. The molecular formula is C12H15O17P. The second kappa shape index (κ2) is 7.74. The van der Waals surface area contributed by atoms with Crippen LogP contribution in [0.2, 0.25) is 0 Å². The number of ether oxygens (including phenoxy) is 1. The molecule has 3 rings (SSSR count). The molecule has 0 aromatic rings. The van der Waals surface area contributed by atoms with Crippen LogP contribution < -0.4 is 0 Å². The van der Waals surface area contributed by atoms with Gasteiger partial charge in [-0.3, -0.25) is 14.7 Å². The molecule has 3 saturated heterocycles. The third-order valence-electron chi connectivity index (χ3n) is 4.53. The lowest BCUT2D eigenvalue weighted by atomic mass is 9.73. The van der Waals surface area contributed by atoms with E-state index in [1.165, 1.54) is 0 Å². The van der Waals surface area contributed by atoms with Crippen LogP contribution in [0.3, 0.4) is 0 Å². The fourth-order valence-corrected chi connectivity index (χ4v) is 3.64. The first kappa shape index (κ1) is 22.9. The first-order valence-corrected chi connectivity index (χ1v) is 9.41. The molecule has 0 saturated carbocycles. The van der Waals surface area contributed by atoms with Gasteiger partial charge >= 0.3 is 25.7 Å². The van der Waals surface area contributed by atoms with Crippen molar-refractivity contribution >= 4 is 25.7 Å². The van der Waals surface area contributed by atoms with Gasteiger partial charge in [0.1, 0.15) is 24.4 Å². The fourth-order valence-electron chi connectivity index (χ4n) is 3.07. The summed E-state index contributed by atoms with van der Waals surface area (Å²) >= 11 is 0. The maximum Gasteiger partial charge on any atom is 0.584 e. The molecule has 3 heterocycles. The van der Waals surface area contributed by atoms with E-state index >= 15 is 0 Å². The number of hydrogen-bond acceptors (Lipinski definition) is 17. The van der Waals surface area contributed by atoms with Gasteiger partial charge in [0.05, 0.1) is 13.0 Å². The second-order valence-electron chi connectivity index (χ2n) is 6.45. The Morgan fingerprint density at radius 1 is 0.967 bits per heavy atom. The van der Waals surface area contributed by atoms with E-state index < -0.39 is 80.5 Å². The van der Waals surface area contributed by atoms with Crippen molar-refractivity contribution in [2.24, 2.45) is 5.92 Å². The summed E-state index contributed by atoms with van der Waals surface area (Å²) in [6.45, 7) is -1.09. The van der Waals surface area contributed by atoms with Gasteiger partial charge in [0.2, 0.25) is 5.79 Å². The van der Waals surface area contributed by atoms with E-state index in [1.54, 1.807) is 0 Å². The molecule has 8 atom stereocenters. The van der Waals surface area contributed by atoms with E-state index in [-0.39, 0.29) is 0 Å². The van der Waals surface area contributed by atoms with Crippen LogP contribution in [0.25, 0.3) is 0 Å². The van der Waals surface area contributed by atoms with Crippen LogP contribution in [0.15, 0.2) is 0 Å². The highest BCUT2D eigenvalue weighted by Crippen LogP contribution is 2.53. The molecule has 0 aromatic carbocycles. The third-order valence-corrected chi connectivity index (χ3v) is 5.30. The predicted octanol–water partition coefficient (Wildman–Crippen LogP) is -4.55. The topological polar surface area (TPSA) is 254 Å². The first-order chi connectivity index (χ1) is 13.9. The van der Waals surface area contributed by atoms with Gasteiger partial charge < -0.3 is 35.4 Å². The minimum atomic E-state index is -5.24. The summed E-state index contributed by atoms with van der Waals surface area (Å²) < 4.78 is 28.9. The Morgan fingerprint density at radius 3 is 2.20 bits per heavy atom. The van der Waals surface area contributed by atoms with Crippen LogP contribution in [0.4, 0.5) is 0 Å². The zero-order valence-electron chi connectivity index (χ0n) is 14.4. The van der Waals surface area contributed by atoms with Gasteiger partial charge in [-0.2, -0.15) is 0 Å². The average Bonchev–Trinajstić information content (AvgIpc) is 2.75. The number of hydrogen-bond donors (Lipinski definition) is 6. The Morgan fingerprint density at radius 2 is 1.57 bits per heavy atom. The van der Waals surface area contributed by atoms with Gasteiger partial charge in [-0.1, -0.05) is 14.0 Å². The van der Waals surface area contributed by atoms with E-state index in [0.29, 0.717) is 0 Å². The van der Waals surface area contributed by atoms with Crippen molar-refractivity contribution in [1.82, 2.24) is 0 Å². The Hall–Kier alpha value is -1.76. The lowest BCUT2D eigenvalue weighted by Crippen LogP contribution is -2.73. The van der Waals surface area contributed by atoms with Crippen molar-refractivity contribution in [2.45, 2.75) is 42.2 Å². The Labute approximate surface area is 164 Å². The molecule has 3 fully saturated rings. The van der Waals surface area contributed by atoms with E-state index in [0.717, 1.165) is 0 Å². The first-order valence-electron chi connectivity index (χ1n) is 7.95. The summed E-state index contributed by atoms with van der Waals surface area (Å²) in [4.78, 5) is 49.0. The molecule has 30 heavy (non-hydrogen) atoms. The molecule has 3 aliphatic heterocycles. The molecule has 0 amide bonds. The summed E-state index contributed by atoms with van der Waals surface area (Å²) in [6.07, 6.45) is -10.4. The van der Waals surface area contributed by atoms with Crippen molar-refractivity contribution in [3.63, 3.8) is 0 Å². The third kappa shape index (κ3) is 3.59. The number of aliphatic hydroxyl groups is 6. The molecule has 2 bridgehead atoms. The average molecular weight is 462 g/mol. The number of phosphoric acid groups is 1. The van der Waals surface area contributed by atoms with Crippen LogP contribution in [-0.4, -0.2) is 91.0 Å². The minimum Gasteiger partial charge on any atom is -0.394 e. The number of rotatable bonds is 2. The maximum absolute atomic E-state index is 12.6. The van der Waals surface area contributed by atoms with E-state index in [1.807, 2.05) is 0 Å². The quantitative estimate of drug-likeness (QED) is 0.167. The van der Waals surface area contributed by atoms with Crippen LogP contribution in [0.1, 0.15) is 6.42 Å². The normalized spacial score (nSPS) is 47.7. The lowest BCUT2D eigenvalue weighted by molar-refractivity contribution is -0.381. The van der Waals surface area contributed by atoms with Gasteiger partial charge in [-0.05, 0) is 0 Å². The minimum absolute atomic E-state index is 1.09. The van der Waals surface area contributed by atoms with Crippen molar-refractivity contribution in [2.75, 3.05) is 6.61 Å². The predicted molar refractivity (Wildman–Crippen MR) is 77.1 cm³/mol. The molecule has 18 heteroatoms. The molecular weight excluding hydrogens is 447 g/mol. The molecule has 0 aliphatic carbocycles. The number of carbonyl (C=O) groups excluding carboxylic acids is 3. The smallest absolute Gasteiger partial charge is 0.394 e. The monoisotopic (exact) mass is 462 g/mol. The van der Waals surface area contributed by atoms with Gasteiger partial charge in [-0.25, -0.2) is 18.9 Å². The van der Waals surface area contributed by atoms with Crippen molar-refractivity contribution in [3.05, 3.63) is 0 Å².